The van der Waals surface area contributed by atoms with E-state index in [-0.39, 0.29) is 29.9 Å². The molecule has 0 aliphatic carbocycles. The first-order valence-corrected chi connectivity index (χ1v) is 10.2. The normalized spacial score (nSPS) is 15.5. The molecule has 1 rings (SSSR count). The summed E-state index contributed by atoms with van der Waals surface area (Å²) in [6, 6.07) is 0. The van der Waals surface area contributed by atoms with Gasteiger partial charge in [-0.15, -0.1) is 0 Å². The Morgan fingerprint density at radius 1 is 1.43 bits per heavy atom. The minimum absolute atomic E-state index is 0.0181. The zero-order chi connectivity index (χ0) is 15.9. The molecule has 0 N–H and O–H groups in total. The Balaban J connectivity index is 2.60. The van der Waals surface area contributed by atoms with E-state index in [2.05, 4.69) is 0 Å². The molecule has 6 nitrogen and oxygen atoms in total. The van der Waals surface area contributed by atoms with Gasteiger partial charge in [-0.1, -0.05) is 6.92 Å². The van der Waals surface area contributed by atoms with Gasteiger partial charge in [-0.25, -0.2) is 12.7 Å². The fourth-order valence-corrected chi connectivity index (χ4v) is 4.33. The molecule has 21 heavy (non-hydrogen) atoms. The lowest BCUT2D eigenvalue weighted by Crippen LogP contribution is -2.41. The van der Waals surface area contributed by atoms with Crippen molar-refractivity contribution in [3.8, 4) is 0 Å². The van der Waals surface area contributed by atoms with Crippen molar-refractivity contribution in [3.63, 3.8) is 0 Å². The SMILES string of the molecule is CCCS(=O)(=O)N(CCCN1CCCC1=O)C(=O)CSC. The Hall–Kier alpha value is -0.760. The van der Waals surface area contributed by atoms with E-state index in [0.717, 1.165) is 17.3 Å². The van der Waals surface area contributed by atoms with Crippen LogP contribution in [0.4, 0.5) is 0 Å². The topological polar surface area (TPSA) is 74.8 Å². The van der Waals surface area contributed by atoms with Gasteiger partial charge >= 0.3 is 0 Å². The first-order valence-electron chi connectivity index (χ1n) is 7.22. The minimum atomic E-state index is -3.54. The van der Waals surface area contributed by atoms with Crippen LogP contribution in [0.25, 0.3) is 0 Å². The van der Waals surface area contributed by atoms with E-state index in [1.165, 1.54) is 11.8 Å². The fourth-order valence-electron chi connectivity index (χ4n) is 2.33. The molecule has 122 valence electrons. The Labute approximate surface area is 131 Å². The lowest BCUT2D eigenvalue weighted by atomic mass is 10.4. The monoisotopic (exact) mass is 336 g/mol. The van der Waals surface area contributed by atoms with E-state index < -0.39 is 10.0 Å². The average molecular weight is 336 g/mol. The highest BCUT2D eigenvalue weighted by atomic mass is 32.2. The second kappa shape index (κ2) is 8.63. The van der Waals surface area contributed by atoms with Gasteiger partial charge in [-0.3, -0.25) is 9.59 Å². The Kier molecular flexibility index (Phi) is 7.51. The smallest absolute Gasteiger partial charge is 0.246 e. The van der Waals surface area contributed by atoms with Crippen molar-refractivity contribution in [2.24, 2.45) is 0 Å². The van der Waals surface area contributed by atoms with E-state index in [0.29, 0.717) is 25.8 Å². The van der Waals surface area contributed by atoms with Gasteiger partial charge in [0.1, 0.15) is 0 Å². The minimum Gasteiger partial charge on any atom is -0.343 e. The quantitative estimate of drug-likeness (QED) is 0.626. The van der Waals surface area contributed by atoms with Crippen LogP contribution in [0.2, 0.25) is 0 Å². The van der Waals surface area contributed by atoms with Crippen LogP contribution >= 0.6 is 11.8 Å². The number of nitrogens with zero attached hydrogens (tertiary/aromatic N) is 2. The third-order valence-corrected chi connectivity index (χ3v) is 5.82. The van der Waals surface area contributed by atoms with Crippen molar-refractivity contribution in [2.75, 3.05) is 37.4 Å². The van der Waals surface area contributed by atoms with Crippen LogP contribution in [0.15, 0.2) is 0 Å². The summed E-state index contributed by atoms with van der Waals surface area (Å²) in [5.74, 6) is -0.112. The van der Waals surface area contributed by atoms with Gasteiger partial charge in [-0.05, 0) is 25.5 Å². The van der Waals surface area contributed by atoms with Crippen molar-refractivity contribution in [3.05, 3.63) is 0 Å². The second-order valence-corrected chi connectivity index (χ2v) is 7.93. The summed E-state index contributed by atoms with van der Waals surface area (Å²) >= 11 is 1.31. The number of amides is 2. The molecule has 1 heterocycles. The van der Waals surface area contributed by atoms with Crippen molar-refractivity contribution in [1.82, 2.24) is 9.21 Å². The van der Waals surface area contributed by atoms with Crippen LogP contribution in [0.3, 0.4) is 0 Å². The number of thioether (sulfide) groups is 1. The molecule has 1 aliphatic heterocycles. The molecule has 0 saturated carbocycles. The van der Waals surface area contributed by atoms with Crippen LogP contribution in [-0.2, 0) is 19.6 Å². The van der Waals surface area contributed by atoms with E-state index in [1.54, 1.807) is 18.1 Å². The van der Waals surface area contributed by atoms with Gasteiger partial charge in [0.25, 0.3) is 0 Å². The van der Waals surface area contributed by atoms with Crippen molar-refractivity contribution in [2.45, 2.75) is 32.6 Å². The maximum atomic E-state index is 12.2. The maximum Gasteiger partial charge on any atom is 0.246 e. The largest absolute Gasteiger partial charge is 0.343 e. The summed E-state index contributed by atoms with van der Waals surface area (Å²) < 4.78 is 25.3. The number of likely N-dealkylation sites (tertiary alicyclic amines) is 1. The standard InChI is InChI=1S/C13H24N2O4S2/c1-3-10-21(18,19)15(13(17)11-20-2)9-5-8-14-7-4-6-12(14)16/h3-11H2,1-2H3. The van der Waals surface area contributed by atoms with Gasteiger partial charge in [0.15, 0.2) is 0 Å². The zero-order valence-electron chi connectivity index (χ0n) is 12.7. The van der Waals surface area contributed by atoms with Crippen LogP contribution in [0, 0.1) is 0 Å². The molecule has 0 spiro atoms. The molecule has 8 heteroatoms. The number of carbonyl (C=O) groups excluding carboxylic acids is 2. The van der Waals surface area contributed by atoms with Crippen LogP contribution in [0.5, 0.6) is 0 Å². The van der Waals surface area contributed by atoms with Crippen LogP contribution in [-0.4, -0.2) is 66.8 Å². The molecule has 0 atom stereocenters. The number of rotatable bonds is 9. The lowest BCUT2D eigenvalue weighted by Gasteiger charge is -2.23. The van der Waals surface area contributed by atoms with Crippen LogP contribution < -0.4 is 0 Å². The molecular formula is C13H24N2O4S2. The van der Waals surface area contributed by atoms with E-state index in [1.807, 2.05) is 0 Å². The maximum absolute atomic E-state index is 12.2. The van der Waals surface area contributed by atoms with E-state index in [4.69, 9.17) is 0 Å². The molecular weight excluding hydrogens is 312 g/mol. The molecule has 0 aromatic carbocycles. The van der Waals surface area contributed by atoms with Gasteiger partial charge in [0, 0.05) is 26.1 Å². The molecule has 0 bridgehead atoms. The highest BCUT2D eigenvalue weighted by molar-refractivity contribution is 7.99. The number of sulfonamides is 1. The molecule has 2 amide bonds. The molecule has 0 aromatic heterocycles. The molecule has 1 fully saturated rings. The summed E-state index contributed by atoms with van der Waals surface area (Å²) in [6.45, 7) is 3.19. The van der Waals surface area contributed by atoms with Gasteiger partial charge in [-0.2, -0.15) is 11.8 Å². The molecule has 1 saturated heterocycles. The number of hydrogen-bond donors (Lipinski definition) is 0. The van der Waals surface area contributed by atoms with Crippen molar-refractivity contribution < 1.29 is 18.0 Å². The first-order chi connectivity index (χ1) is 9.92. The highest BCUT2D eigenvalue weighted by Gasteiger charge is 2.26. The van der Waals surface area contributed by atoms with E-state index >= 15 is 0 Å². The number of hydrogen-bond acceptors (Lipinski definition) is 5. The fraction of sp³-hybridized carbons (Fsp3) is 0.846. The highest BCUT2D eigenvalue weighted by Crippen LogP contribution is 2.12. The molecule has 0 aromatic rings. The van der Waals surface area contributed by atoms with Gasteiger partial charge in [0.05, 0.1) is 11.5 Å². The lowest BCUT2D eigenvalue weighted by molar-refractivity contribution is -0.127. The molecule has 0 unspecified atom stereocenters. The summed E-state index contributed by atoms with van der Waals surface area (Å²) in [5, 5.41) is 0. The molecule has 0 radical (unpaired) electrons. The first kappa shape index (κ1) is 18.3. The number of carbonyl (C=O) groups is 2. The third kappa shape index (κ3) is 5.50. The summed E-state index contributed by atoms with van der Waals surface area (Å²) in [6.07, 6.45) is 4.18. The van der Waals surface area contributed by atoms with E-state index in [9.17, 15) is 18.0 Å². The average Bonchev–Trinajstić information content (AvgIpc) is 2.80. The molecule has 1 aliphatic rings. The zero-order valence-corrected chi connectivity index (χ0v) is 14.3. The van der Waals surface area contributed by atoms with Gasteiger partial charge in [0.2, 0.25) is 21.8 Å². The second-order valence-electron chi connectivity index (χ2n) is 5.05. The predicted molar refractivity (Wildman–Crippen MR) is 84.6 cm³/mol. The predicted octanol–water partition coefficient (Wildman–Crippen LogP) is 0.930. The third-order valence-electron chi connectivity index (χ3n) is 3.30. The Morgan fingerprint density at radius 3 is 2.67 bits per heavy atom. The van der Waals surface area contributed by atoms with Crippen molar-refractivity contribution >= 4 is 33.6 Å². The van der Waals surface area contributed by atoms with Crippen LogP contribution in [0.1, 0.15) is 32.6 Å². The van der Waals surface area contributed by atoms with Gasteiger partial charge < -0.3 is 4.90 Å². The summed E-state index contributed by atoms with van der Waals surface area (Å²) in [4.78, 5) is 25.3. The summed E-state index contributed by atoms with van der Waals surface area (Å²) in [5.41, 5.74) is 0. The van der Waals surface area contributed by atoms with Crippen molar-refractivity contribution in [1.29, 1.82) is 0 Å². The Morgan fingerprint density at radius 2 is 2.14 bits per heavy atom. The summed E-state index contributed by atoms with van der Waals surface area (Å²) in [7, 11) is -3.54. The Bertz CT molecular complexity index is 465.